The third kappa shape index (κ3) is 2.09. The molecule has 168 valence electrons. The van der Waals surface area contributed by atoms with Crippen molar-refractivity contribution in [2.24, 2.45) is 0 Å². The van der Waals surface area contributed by atoms with Gasteiger partial charge in [-0.3, -0.25) is 0 Å². The molecule has 1 saturated carbocycles. The number of likely N-dealkylation sites (N-methyl/N-ethyl adjacent to an activating group) is 1. The first-order valence-corrected chi connectivity index (χ1v) is 12.0. The standard InChI is InChI=1S/C26H31N3O3/c1-28-13-11-25-22-16-7-8-20(31-2)23(22)32-24(25)19(9-10-26(25,30)21(28)15-16)29-14-12-27-17-5-3-4-6-18(17)29/h3-8,19,21,24,27,30H,9-15H2,1-2H3/t19-,21-,24+,25+,26-/m1/s1. The lowest BCUT2D eigenvalue weighted by Crippen LogP contribution is -2.78. The van der Waals surface area contributed by atoms with E-state index in [1.807, 2.05) is 0 Å². The molecule has 2 aliphatic carbocycles. The fraction of sp³-hybridized carbons (Fsp3) is 0.538. The van der Waals surface area contributed by atoms with Crippen molar-refractivity contribution in [3.8, 4) is 11.5 Å². The molecule has 0 unspecified atom stereocenters. The maximum absolute atomic E-state index is 12.5. The van der Waals surface area contributed by atoms with Crippen LogP contribution in [0.4, 0.5) is 11.4 Å². The quantitative estimate of drug-likeness (QED) is 0.760. The Kier molecular flexibility index (Phi) is 3.77. The zero-order valence-electron chi connectivity index (χ0n) is 18.8. The van der Waals surface area contributed by atoms with E-state index in [1.54, 1.807) is 7.11 Å². The summed E-state index contributed by atoms with van der Waals surface area (Å²) in [4.78, 5) is 4.93. The van der Waals surface area contributed by atoms with Crippen LogP contribution in [0.2, 0.25) is 0 Å². The summed E-state index contributed by atoms with van der Waals surface area (Å²) in [5.41, 5.74) is 3.84. The van der Waals surface area contributed by atoms with E-state index < -0.39 is 5.60 Å². The number of hydrogen-bond donors (Lipinski definition) is 2. The number of nitrogens with one attached hydrogen (secondary N) is 1. The summed E-state index contributed by atoms with van der Waals surface area (Å²) in [6.45, 7) is 2.85. The number of aliphatic hydroxyl groups is 1. The number of hydrogen-bond acceptors (Lipinski definition) is 6. The first-order chi connectivity index (χ1) is 15.6. The van der Waals surface area contributed by atoms with Gasteiger partial charge in [-0.15, -0.1) is 0 Å². The lowest BCUT2D eigenvalue weighted by Gasteiger charge is -2.64. The predicted octanol–water partition coefficient (Wildman–Crippen LogP) is 2.78. The Morgan fingerprint density at radius 2 is 2.03 bits per heavy atom. The highest BCUT2D eigenvalue weighted by Crippen LogP contribution is 2.66. The molecule has 2 bridgehead atoms. The van der Waals surface area contributed by atoms with Gasteiger partial charge in [0, 0.05) is 24.7 Å². The van der Waals surface area contributed by atoms with E-state index in [9.17, 15) is 5.11 Å². The second-order valence-corrected chi connectivity index (χ2v) is 10.3. The molecule has 2 aromatic rings. The van der Waals surface area contributed by atoms with E-state index in [2.05, 4.69) is 58.6 Å². The summed E-state index contributed by atoms with van der Waals surface area (Å²) < 4.78 is 12.7. The summed E-state index contributed by atoms with van der Waals surface area (Å²) in [7, 11) is 3.89. The van der Waals surface area contributed by atoms with Crippen LogP contribution in [0.25, 0.3) is 0 Å². The molecule has 1 spiro atoms. The smallest absolute Gasteiger partial charge is 0.166 e. The number of piperidine rings is 1. The van der Waals surface area contributed by atoms with Gasteiger partial charge in [0.1, 0.15) is 6.10 Å². The van der Waals surface area contributed by atoms with Gasteiger partial charge in [-0.1, -0.05) is 18.2 Å². The SMILES string of the molecule is COc1ccc2c3c1O[C@H]1[C@H](N4CCNc5ccccc54)CC[C@@]4(O)[C@@H](C2)N(C)CC[C@]314. The highest BCUT2D eigenvalue weighted by atomic mass is 16.5. The lowest BCUT2D eigenvalue weighted by molar-refractivity contribution is -0.184. The van der Waals surface area contributed by atoms with Crippen LogP contribution in [0.1, 0.15) is 30.4 Å². The molecule has 1 saturated heterocycles. The largest absolute Gasteiger partial charge is 0.493 e. The molecule has 3 aliphatic heterocycles. The second kappa shape index (κ2) is 6.33. The molecule has 2 N–H and O–H groups in total. The van der Waals surface area contributed by atoms with Gasteiger partial charge >= 0.3 is 0 Å². The van der Waals surface area contributed by atoms with Gasteiger partial charge in [0.25, 0.3) is 0 Å². The Balaban J connectivity index is 1.43. The fourth-order valence-corrected chi connectivity index (χ4v) is 7.85. The first-order valence-electron chi connectivity index (χ1n) is 12.0. The number of anilines is 2. The summed E-state index contributed by atoms with van der Waals surface area (Å²) >= 11 is 0. The number of fused-ring (bicyclic) bond motifs is 1. The van der Waals surface area contributed by atoms with Crippen molar-refractivity contribution < 1.29 is 14.6 Å². The number of benzene rings is 2. The van der Waals surface area contributed by atoms with Gasteiger partial charge in [-0.2, -0.15) is 0 Å². The molecule has 5 atom stereocenters. The molecule has 3 heterocycles. The molecular weight excluding hydrogens is 402 g/mol. The van der Waals surface area contributed by atoms with Crippen LogP contribution in [0.15, 0.2) is 36.4 Å². The lowest BCUT2D eigenvalue weighted by atomic mass is 9.48. The number of nitrogens with zero attached hydrogens (tertiary/aromatic N) is 2. The van der Waals surface area contributed by atoms with E-state index >= 15 is 0 Å². The van der Waals surface area contributed by atoms with Gasteiger partial charge in [-0.05, 0) is 63.0 Å². The molecule has 6 heteroatoms. The zero-order chi connectivity index (χ0) is 21.7. The maximum Gasteiger partial charge on any atom is 0.166 e. The Hall–Kier alpha value is -2.44. The highest BCUT2D eigenvalue weighted by molar-refractivity contribution is 5.73. The van der Waals surface area contributed by atoms with Crippen LogP contribution >= 0.6 is 0 Å². The minimum Gasteiger partial charge on any atom is -0.493 e. The van der Waals surface area contributed by atoms with Gasteiger partial charge < -0.3 is 29.7 Å². The fourth-order valence-electron chi connectivity index (χ4n) is 7.85. The van der Waals surface area contributed by atoms with E-state index in [0.717, 1.165) is 56.8 Å². The summed E-state index contributed by atoms with van der Waals surface area (Å²) in [5, 5.41) is 16.0. The molecule has 32 heavy (non-hydrogen) atoms. The van der Waals surface area contributed by atoms with E-state index in [1.165, 1.54) is 22.5 Å². The van der Waals surface area contributed by atoms with Crippen molar-refractivity contribution in [1.29, 1.82) is 0 Å². The summed E-state index contributed by atoms with van der Waals surface area (Å²) in [6.07, 6.45) is 3.42. The molecule has 6 nitrogen and oxygen atoms in total. The first kappa shape index (κ1) is 19.1. The number of likely N-dealkylation sites (tertiary alicyclic amines) is 1. The minimum absolute atomic E-state index is 0.0889. The van der Waals surface area contributed by atoms with Crippen LogP contribution in [0, 0.1) is 0 Å². The average Bonchev–Trinajstić information content (AvgIpc) is 3.17. The Morgan fingerprint density at radius 3 is 2.91 bits per heavy atom. The van der Waals surface area contributed by atoms with Crippen molar-refractivity contribution in [3.05, 3.63) is 47.5 Å². The van der Waals surface area contributed by atoms with Crippen molar-refractivity contribution >= 4 is 11.4 Å². The van der Waals surface area contributed by atoms with Crippen LogP contribution in [0.5, 0.6) is 11.5 Å². The van der Waals surface area contributed by atoms with Crippen molar-refractivity contribution in [2.45, 2.75) is 54.9 Å². The average molecular weight is 434 g/mol. The molecule has 2 fully saturated rings. The molecule has 2 aromatic carbocycles. The predicted molar refractivity (Wildman–Crippen MR) is 124 cm³/mol. The molecule has 7 rings (SSSR count). The molecular formula is C26H31N3O3. The van der Waals surface area contributed by atoms with E-state index in [0.29, 0.717) is 0 Å². The summed E-state index contributed by atoms with van der Waals surface area (Å²) in [6, 6.07) is 13.2. The topological polar surface area (TPSA) is 57.2 Å². The second-order valence-electron chi connectivity index (χ2n) is 10.3. The van der Waals surface area contributed by atoms with Crippen LogP contribution in [0.3, 0.4) is 0 Å². The van der Waals surface area contributed by atoms with Crippen LogP contribution < -0.4 is 19.7 Å². The van der Waals surface area contributed by atoms with Gasteiger partial charge in [0.05, 0.1) is 35.5 Å². The van der Waals surface area contributed by atoms with Gasteiger partial charge in [0.15, 0.2) is 11.5 Å². The van der Waals surface area contributed by atoms with E-state index in [4.69, 9.17) is 9.47 Å². The van der Waals surface area contributed by atoms with E-state index in [-0.39, 0.29) is 23.6 Å². The highest BCUT2D eigenvalue weighted by Gasteiger charge is 2.73. The minimum atomic E-state index is -0.778. The number of para-hydroxylation sites is 2. The van der Waals surface area contributed by atoms with Crippen molar-refractivity contribution in [1.82, 2.24) is 4.90 Å². The van der Waals surface area contributed by atoms with Crippen molar-refractivity contribution in [3.63, 3.8) is 0 Å². The normalized spacial score (nSPS) is 36.6. The number of ether oxygens (including phenoxy) is 2. The van der Waals surface area contributed by atoms with Gasteiger partial charge in [-0.25, -0.2) is 0 Å². The number of methoxy groups -OCH3 is 1. The zero-order valence-corrected chi connectivity index (χ0v) is 18.8. The Morgan fingerprint density at radius 1 is 1.16 bits per heavy atom. The maximum atomic E-state index is 12.5. The third-order valence-corrected chi connectivity index (χ3v) is 9.19. The molecule has 0 aromatic heterocycles. The third-order valence-electron chi connectivity index (χ3n) is 9.19. The van der Waals surface area contributed by atoms with Crippen LogP contribution in [-0.2, 0) is 11.8 Å². The molecule has 0 radical (unpaired) electrons. The monoisotopic (exact) mass is 433 g/mol. The summed E-state index contributed by atoms with van der Waals surface area (Å²) in [5.74, 6) is 1.68. The molecule has 5 aliphatic rings. The Labute approximate surface area is 189 Å². The van der Waals surface area contributed by atoms with Crippen molar-refractivity contribution in [2.75, 3.05) is 44.0 Å². The number of rotatable bonds is 2. The van der Waals surface area contributed by atoms with Gasteiger partial charge in [0.2, 0.25) is 0 Å². The van der Waals surface area contributed by atoms with Crippen LogP contribution in [-0.4, -0.2) is 67.6 Å². The molecule has 0 amide bonds. The Bertz CT molecular complexity index is 1110.